The summed E-state index contributed by atoms with van der Waals surface area (Å²) in [5.74, 6) is -0.509. The van der Waals surface area contributed by atoms with E-state index in [-0.39, 0.29) is 4.59 Å². The van der Waals surface area contributed by atoms with Gasteiger partial charge in [-0.1, -0.05) is 46.5 Å². The molecular weight excluding hydrogens is 346 g/mol. The summed E-state index contributed by atoms with van der Waals surface area (Å²) < 4.78 is 0.285. The minimum Gasteiger partial charge on any atom is -0.364 e. The first-order chi connectivity index (χ1) is 12.3. The lowest BCUT2D eigenvalue weighted by molar-refractivity contribution is -0.843. The molecule has 0 aliphatic carbocycles. The molecule has 134 valence electrons. The molecule has 3 rings (SSSR count). The van der Waals surface area contributed by atoms with Crippen LogP contribution in [0.3, 0.4) is 0 Å². The fourth-order valence-electron chi connectivity index (χ4n) is 3.15. The highest BCUT2D eigenvalue weighted by molar-refractivity contribution is 6.44. The lowest BCUT2D eigenvalue weighted by Gasteiger charge is -2.27. The number of nitrogens with two attached hydrogens (primary N) is 1. The monoisotopic (exact) mass is 368 g/mol. The smallest absolute Gasteiger partial charge is 0.273 e. The summed E-state index contributed by atoms with van der Waals surface area (Å²) in [6.07, 6.45) is 2.64. The predicted octanol–water partition coefficient (Wildman–Crippen LogP) is 3.84. The van der Waals surface area contributed by atoms with E-state index in [4.69, 9.17) is 17.3 Å². The van der Waals surface area contributed by atoms with E-state index in [2.05, 4.69) is 36.3 Å². The van der Waals surface area contributed by atoms with Crippen molar-refractivity contribution in [1.29, 1.82) is 0 Å². The Bertz CT molecular complexity index is 915. The van der Waals surface area contributed by atoms with Gasteiger partial charge >= 0.3 is 0 Å². The van der Waals surface area contributed by atoms with Crippen LogP contribution >= 0.6 is 11.6 Å². The molecule has 26 heavy (non-hydrogen) atoms. The molecule has 4 nitrogen and oxygen atoms in total. The number of quaternary nitrogens is 1. The van der Waals surface area contributed by atoms with Gasteiger partial charge in [-0.2, -0.15) is 4.59 Å². The van der Waals surface area contributed by atoms with E-state index >= 15 is 0 Å². The predicted molar refractivity (Wildman–Crippen MR) is 107 cm³/mol. The summed E-state index contributed by atoms with van der Waals surface area (Å²) in [4.78, 5) is 11.7. The fraction of sp³-hybridized carbons (Fsp3) is 0.238. The van der Waals surface area contributed by atoms with E-state index in [0.29, 0.717) is 5.71 Å². The van der Waals surface area contributed by atoms with Crippen LogP contribution in [0.25, 0.3) is 5.70 Å². The Morgan fingerprint density at radius 3 is 2.46 bits per heavy atom. The Hall–Kier alpha value is -2.43. The van der Waals surface area contributed by atoms with E-state index in [0.717, 1.165) is 34.8 Å². The number of halogens is 1. The summed E-state index contributed by atoms with van der Waals surface area (Å²) in [6.45, 7) is 4.77. The van der Waals surface area contributed by atoms with Crippen LogP contribution < -0.4 is 5.73 Å². The molecule has 0 radical (unpaired) electrons. The molecule has 1 unspecified atom stereocenters. The zero-order chi connectivity index (χ0) is 18.9. The van der Waals surface area contributed by atoms with Crippen LogP contribution in [-0.2, 0) is 11.2 Å². The molecule has 0 fully saturated rings. The standard InChI is InChI=1S/C21H22ClN3O/c1-14-4-6-16(7-5-14)10-11-25(3)20(13-19(24-25)21(23)26)17-8-9-18(22)15(2)12-17/h4-9,12-13H,10-11H2,1-3H3,(H-,23,26)/p+1. The van der Waals surface area contributed by atoms with Crippen LogP contribution in [0.1, 0.15) is 22.3 Å². The zero-order valence-corrected chi connectivity index (χ0v) is 16.0. The average molecular weight is 369 g/mol. The maximum atomic E-state index is 11.7. The molecule has 0 bridgehead atoms. The second-order valence-electron chi connectivity index (χ2n) is 6.94. The number of likely N-dealkylation sites (N-methyl/N-ethyl adjacent to an activating group) is 1. The van der Waals surface area contributed by atoms with Gasteiger partial charge in [0, 0.05) is 23.1 Å². The molecule has 2 aromatic carbocycles. The summed E-state index contributed by atoms with van der Waals surface area (Å²) in [7, 11) is 2.00. The molecule has 1 atom stereocenters. The highest BCUT2D eigenvalue weighted by atomic mass is 35.5. The highest BCUT2D eigenvalue weighted by Crippen LogP contribution is 2.33. The molecule has 1 aliphatic heterocycles. The van der Waals surface area contributed by atoms with Crippen LogP contribution in [-0.4, -0.2) is 29.8 Å². The van der Waals surface area contributed by atoms with Crippen molar-refractivity contribution in [2.24, 2.45) is 10.8 Å². The van der Waals surface area contributed by atoms with Crippen molar-refractivity contribution < 1.29 is 9.39 Å². The van der Waals surface area contributed by atoms with Crippen LogP contribution in [0, 0.1) is 13.8 Å². The Morgan fingerprint density at radius 1 is 1.15 bits per heavy atom. The van der Waals surface area contributed by atoms with E-state index < -0.39 is 5.91 Å². The van der Waals surface area contributed by atoms with Gasteiger partial charge in [-0.3, -0.25) is 4.79 Å². The molecule has 5 heteroatoms. The normalized spacial score (nSPS) is 19.2. The van der Waals surface area contributed by atoms with Gasteiger partial charge in [-0.25, -0.2) is 0 Å². The van der Waals surface area contributed by atoms with Gasteiger partial charge in [0.25, 0.3) is 5.91 Å². The number of primary amides is 1. The molecule has 1 aliphatic rings. The van der Waals surface area contributed by atoms with E-state index in [9.17, 15) is 4.79 Å². The highest BCUT2D eigenvalue weighted by Gasteiger charge is 2.37. The summed E-state index contributed by atoms with van der Waals surface area (Å²) in [5, 5.41) is 5.34. The molecule has 0 saturated heterocycles. The SMILES string of the molecule is Cc1ccc(CC[N+]2(C)N=C(C(N)=O)C=C2c2ccc(Cl)c(C)c2)cc1. The van der Waals surface area contributed by atoms with Crippen molar-refractivity contribution in [2.75, 3.05) is 13.6 Å². The number of nitrogens with zero attached hydrogens (tertiary/aromatic N) is 2. The third-order valence-electron chi connectivity index (χ3n) is 4.78. The Balaban J connectivity index is 1.92. The summed E-state index contributed by atoms with van der Waals surface area (Å²) in [5.41, 5.74) is 11.2. The van der Waals surface area contributed by atoms with E-state index in [1.165, 1.54) is 11.1 Å². The van der Waals surface area contributed by atoms with Crippen LogP contribution in [0.15, 0.2) is 53.6 Å². The van der Waals surface area contributed by atoms with Crippen molar-refractivity contribution in [3.8, 4) is 0 Å². The second-order valence-corrected chi connectivity index (χ2v) is 7.35. The van der Waals surface area contributed by atoms with Crippen LogP contribution in [0.2, 0.25) is 5.02 Å². The minimum atomic E-state index is -0.509. The number of amides is 1. The average Bonchev–Trinajstić information content (AvgIpc) is 2.95. The van der Waals surface area contributed by atoms with E-state index in [1.54, 1.807) is 6.08 Å². The van der Waals surface area contributed by atoms with Crippen molar-refractivity contribution in [1.82, 2.24) is 0 Å². The van der Waals surface area contributed by atoms with Gasteiger partial charge in [0.15, 0.2) is 11.4 Å². The number of benzene rings is 2. The molecule has 0 aromatic heterocycles. The van der Waals surface area contributed by atoms with Gasteiger partial charge in [-0.15, -0.1) is 0 Å². The second kappa shape index (κ2) is 7.06. The molecule has 2 N–H and O–H groups in total. The maximum Gasteiger partial charge on any atom is 0.273 e. The van der Waals surface area contributed by atoms with Crippen molar-refractivity contribution in [3.63, 3.8) is 0 Å². The Morgan fingerprint density at radius 2 is 1.85 bits per heavy atom. The van der Waals surface area contributed by atoms with Crippen LogP contribution in [0.4, 0.5) is 0 Å². The number of hydrogen-bond donors (Lipinski definition) is 1. The van der Waals surface area contributed by atoms with Gasteiger partial charge < -0.3 is 5.73 Å². The Kier molecular flexibility index (Phi) is 4.99. The molecule has 1 heterocycles. The molecular formula is C21H23ClN3O+. The van der Waals surface area contributed by atoms with Crippen LogP contribution in [0.5, 0.6) is 0 Å². The van der Waals surface area contributed by atoms with E-state index in [1.807, 2.05) is 32.2 Å². The largest absolute Gasteiger partial charge is 0.364 e. The quantitative estimate of drug-likeness (QED) is 0.801. The first-order valence-corrected chi connectivity index (χ1v) is 8.96. The number of rotatable bonds is 5. The third kappa shape index (κ3) is 3.71. The Labute approximate surface area is 159 Å². The first kappa shape index (κ1) is 18.4. The number of carbonyl (C=O) groups is 1. The molecule has 2 aromatic rings. The lowest BCUT2D eigenvalue weighted by atomic mass is 10.1. The van der Waals surface area contributed by atoms with Gasteiger partial charge in [0.1, 0.15) is 6.54 Å². The molecule has 1 amide bonds. The van der Waals surface area contributed by atoms with Crippen molar-refractivity contribution in [3.05, 3.63) is 75.8 Å². The maximum absolute atomic E-state index is 11.7. The topological polar surface area (TPSA) is 55.4 Å². The van der Waals surface area contributed by atoms with Gasteiger partial charge in [0.05, 0.1) is 7.05 Å². The minimum absolute atomic E-state index is 0.285. The van der Waals surface area contributed by atoms with Gasteiger partial charge in [-0.05, 0) is 43.2 Å². The number of carbonyl (C=O) groups excluding carboxylic acids is 1. The summed E-state index contributed by atoms with van der Waals surface area (Å²) in [6, 6.07) is 14.3. The number of aryl methyl sites for hydroxylation is 2. The van der Waals surface area contributed by atoms with Crippen molar-refractivity contribution in [2.45, 2.75) is 20.3 Å². The first-order valence-electron chi connectivity index (χ1n) is 8.58. The van der Waals surface area contributed by atoms with Gasteiger partial charge in [0.2, 0.25) is 0 Å². The molecule has 0 saturated carbocycles. The van der Waals surface area contributed by atoms with Crippen molar-refractivity contribution >= 4 is 28.9 Å². The summed E-state index contributed by atoms with van der Waals surface area (Å²) >= 11 is 6.16. The number of hydrogen-bond acceptors (Lipinski definition) is 2. The molecule has 0 spiro atoms. The third-order valence-corrected chi connectivity index (χ3v) is 5.21. The lowest BCUT2D eigenvalue weighted by Crippen LogP contribution is -2.37. The fourth-order valence-corrected chi connectivity index (χ4v) is 3.26. The zero-order valence-electron chi connectivity index (χ0n) is 15.3.